The monoisotopic (exact) mass is 338 g/mol. The van der Waals surface area contributed by atoms with Crippen LogP contribution in [0.3, 0.4) is 0 Å². The van der Waals surface area contributed by atoms with Crippen molar-refractivity contribution in [3.8, 4) is 0 Å². The van der Waals surface area contributed by atoms with Gasteiger partial charge < -0.3 is 5.73 Å². The third-order valence-electron chi connectivity index (χ3n) is 3.90. The number of halogens is 1. The average molecular weight is 339 g/mol. The molecule has 5 heteroatoms. The molecule has 20 heavy (non-hydrogen) atoms. The molecule has 0 aliphatic heterocycles. The van der Waals surface area contributed by atoms with E-state index in [0.717, 1.165) is 18.4 Å². The van der Waals surface area contributed by atoms with Crippen LogP contribution in [0.5, 0.6) is 0 Å². The zero-order chi connectivity index (χ0) is 14.5. The van der Waals surface area contributed by atoms with Crippen molar-refractivity contribution >= 4 is 27.7 Å². The Morgan fingerprint density at radius 2 is 2.10 bits per heavy atom. The first kappa shape index (κ1) is 15.2. The number of nitro benzene ring substituents is 1. The standard InChI is InChI=1S/C15H19BrN2O2/c16-14-7-6-12(15(9-14)18(19)20)8-13(10-17)11-4-2-1-3-5-11/h6-9,11H,1-5,10,17H2/b13-8-. The maximum atomic E-state index is 11.1. The van der Waals surface area contributed by atoms with Crippen molar-refractivity contribution in [3.05, 3.63) is 43.9 Å². The van der Waals surface area contributed by atoms with Gasteiger partial charge in [-0.25, -0.2) is 0 Å². The van der Waals surface area contributed by atoms with Gasteiger partial charge in [0, 0.05) is 17.1 Å². The molecule has 0 radical (unpaired) electrons. The molecule has 108 valence electrons. The van der Waals surface area contributed by atoms with E-state index < -0.39 is 0 Å². The van der Waals surface area contributed by atoms with Crippen LogP contribution in [0.1, 0.15) is 37.7 Å². The molecule has 1 fully saturated rings. The van der Waals surface area contributed by atoms with Crippen LogP contribution < -0.4 is 5.73 Å². The van der Waals surface area contributed by atoms with E-state index in [9.17, 15) is 10.1 Å². The van der Waals surface area contributed by atoms with E-state index in [1.54, 1.807) is 12.1 Å². The maximum Gasteiger partial charge on any atom is 0.277 e. The number of hydrogen-bond donors (Lipinski definition) is 1. The third-order valence-corrected chi connectivity index (χ3v) is 4.39. The molecule has 2 rings (SSSR count). The predicted molar refractivity (Wildman–Crippen MR) is 84.4 cm³/mol. The van der Waals surface area contributed by atoms with Gasteiger partial charge >= 0.3 is 0 Å². The fourth-order valence-corrected chi connectivity index (χ4v) is 3.16. The molecule has 1 aromatic carbocycles. The molecule has 0 amide bonds. The van der Waals surface area contributed by atoms with E-state index in [1.807, 2.05) is 12.1 Å². The highest BCUT2D eigenvalue weighted by molar-refractivity contribution is 9.10. The average Bonchev–Trinajstić information content (AvgIpc) is 2.46. The molecule has 1 aliphatic carbocycles. The number of rotatable bonds is 4. The van der Waals surface area contributed by atoms with Crippen molar-refractivity contribution in [3.63, 3.8) is 0 Å². The Kier molecular flexibility index (Phi) is 5.31. The number of nitrogens with two attached hydrogens (primary N) is 1. The number of nitrogens with zero attached hydrogens (tertiary/aromatic N) is 1. The molecule has 0 aromatic heterocycles. The SMILES string of the molecule is NC/C(=C/c1ccc(Br)cc1[N+](=O)[O-])C1CCCCC1. The summed E-state index contributed by atoms with van der Waals surface area (Å²) in [5.41, 5.74) is 7.76. The largest absolute Gasteiger partial charge is 0.327 e. The molecule has 4 nitrogen and oxygen atoms in total. The first-order valence-electron chi connectivity index (χ1n) is 6.96. The zero-order valence-corrected chi connectivity index (χ0v) is 12.9. The molecular formula is C15H19BrN2O2. The molecule has 0 spiro atoms. The fraction of sp³-hybridized carbons (Fsp3) is 0.467. The van der Waals surface area contributed by atoms with Crippen LogP contribution in [0.2, 0.25) is 0 Å². The summed E-state index contributed by atoms with van der Waals surface area (Å²) in [5.74, 6) is 0.483. The summed E-state index contributed by atoms with van der Waals surface area (Å²) in [5, 5.41) is 11.1. The molecule has 0 saturated heterocycles. The maximum absolute atomic E-state index is 11.1. The smallest absolute Gasteiger partial charge is 0.277 e. The van der Waals surface area contributed by atoms with Gasteiger partial charge in [0.2, 0.25) is 0 Å². The summed E-state index contributed by atoms with van der Waals surface area (Å²) in [6.45, 7) is 0.470. The Hall–Kier alpha value is -1.20. The normalized spacial score (nSPS) is 17.2. The highest BCUT2D eigenvalue weighted by atomic mass is 79.9. The summed E-state index contributed by atoms with van der Waals surface area (Å²) >= 11 is 3.27. The fourth-order valence-electron chi connectivity index (χ4n) is 2.81. The minimum absolute atomic E-state index is 0.126. The summed E-state index contributed by atoms with van der Waals surface area (Å²) in [6.07, 6.45) is 7.95. The Morgan fingerprint density at radius 3 is 2.70 bits per heavy atom. The lowest BCUT2D eigenvalue weighted by Gasteiger charge is -2.23. The first-order valence-corrected chi connectivity index (χ1v) is 7.75. The Balaban J connectivity index is 2.33. The van der Waals surface area contributed by atoms with Crippen LogP contribution in [-0.4, -0.2) is 11.5 Å². The van der Waals surface area contributed by atoms with E-state index in [-0.39, 0.29) is 10.6 Å². The second-order valence-corrected chi connectivity index (χ2v) is 6.13. The number of nitro groups is 1. The Bertz CT molecular complexity index is 523. The van der Waals surface area contributed by atoms with Gasteiger partial charge in [-0.2, -0.15) is 0 Å². The lowest BCUT2D eigenvalue weighted by atomic mass is 9.83. The zero-order valence-electron chi connectivity index (χ0n) is 11.3. The van der Waals surface area contributed by atoms with Crippen LogP contribution >= 0.6 is 15.9 Å². The van der Waals surface area contributed by atoms with Gasteiger partial charge in [0.1, 0.15) is 0 Å². The van der Waals surface area contributed by atoms with Crippen LogP contribution in [-0.2, 0) is 0 Å². The van der Waals surface area contributed by atoms with Gasteiger partial charge in [-0.1, -0.05) is 40.8 Å². The third kappa shape index (κ3) is 3.67. The number of hydrogen-bond acceptors (Lipinski definition) is 3. The summed E-state index contributed by atoms with van der Waals surface area (Å²) in [6, 6.07) is 5.15. The summed E-state index contributed by atoms with van der Waals surface area (Å²) in [7, 11) is 0. The van der Waals surface area contributed by atoms with Crippen molar-refractivity contribution in [2.24, 2.45) is 11.7 Å². The lowest BCUT2D eigenvalue weighted by molar-refractivity contribution is -0.385. The van der Waals surface area contributed by atoms with Crippen molar-refractivity contribution < 1.29 is 4.92 Å². The highest BCUT2D eigenvalue weighted by Crippen LogP contribution is 2.32. The molecule has 2 N–H and O–H groups in total. The molecule has 1 saturated carbocycles. The van der Waals surface area contributed by atoms with Gasteiger partial charge in [-0.15, -0.1) is 0 Å². The van der Waals surface area contributed by atoms with Gasteiger partial charge in [-0.3, -0.25) is 10.1 Å². The Morgan fingerprint density at radius 1 is 1.40 bits per heavy atom. The van der Waals surface area contributed by atoms with Crippen molar-refractivity contribution in [2.45, 2.75) is 32.1 Å². The molecule has 0 heterocycles. The van der Waals surface area contributed by atoms with Crippen molar-refractivity contribution in [2.75, 3.05) is 6.54 Å². The first-order chi connectivity index (χ1) is 9.61. The van der Waals surface area contributed by atoms with Crippen LogP contribution in [0.25, 0.3) is 6.08 Å². The van der Waals surface area contributed by atoms with Crippen molar-refractivity contribution in [1.29, 1.82) is 0 Å². The van der Waals surface area contributed by atoms with Crippen LogP contribution in [0.4, 0.5) is 5.69 Å². The highest BCUT2D eigenvalue weighted by Gasteiger charge is 2.19. The van der Waals surface area contributed by atoms with E-state index in [0.29, 0.717) is 22.5 Å². The lowest BCUT2D eigenvalue weighted by Crippen LogP contribution is -2.16. The second-order valence-electron chi connectivity index (χ2n) is 5.22. The van der Waals surface area contributed by atoms with Crippen LogP contribution in [0, 0.1) is 16.0 Å². The molecule has 1 aliphatic rings. The van der Waals surface area contributed by atoms with E-state index in [4.69, 9.17) is 5.73 Å². The molecule has 0 atom stereocenters. The van der Waals surface area contributed by atoms with Crippen molar-refractivity contribution in [1.82, 2.24) is 0 Å². The van der Waals surface area contributed by atoms with Gasteiger partial charge in [-0.05, 0) is 37.0 Å². The minimum atomic E-state index is -0.342. The quantitative estimate of drug-likeness (QED) is 0.657. The minimum Gasteiger partial charge on any atom is -0.327 e. The molecule has 0 unspecified atom stereocenters. The molecule has 0 bridgehead atoms. The van der Waals surface area contributed by atoms with Gasteiger partial charge in [0.05, 0.1) is 10.5 Å². The Labute approximate surface area is 127 Å². The van der Waals surface area contributed by atoms with E-state index in [1.165, 1.54) is 19.3 Å². The topological polar surface area (TPSA) is 69.2 Å². The predicted octanol–water partition coefficient (Wildman–Crippen LogP) is 4.28. The summed E-state index contributed by atoms with van der Waals surface area (Å²) < 4.78 is 0.716. The second kappa shape index (κ2) is 6.99. The van der Waals surface area contributed by atoms with Gasteiger partial charge in [0.25, 0.3) is 5.69 Å². The van der Waals surface area contributed by atoms with E-state index in [2.05, 4.69) is 15.9 Å². The molecule has 1 aromatic rings. The van der Waals surface area contributed by atoms with Crippen LogP contribution in [0.15, 0.2) is 28.2 Å². The molecular weight excluding hydrogens is 320 g/mol. The van der Waals surface area contributed by atoms with E-state index >= 15 is 0 Å². The number of benzene rings is 1. The van der Waals surface area contributed by atoms with Gasteiger partial charge in [0.15, 0.2) is 0 Å². The summed E-state index contributed by atoms with van der Waals surface area (Å²) in [4.78, 5) is 10.8.